The lowest BCUT2D eigenvalue weighted by molar-refractivity contribution is 0.477. The summed E-state index contributed by atoms with van der Waals surface area (Å²) in [5.74, 6) is 0.175. The van der Waals surface area contributed by atoms with Gasteiger partial charge in [0.25, 0.3) is 0 Å². The standard InChI is InChI=1S/C26H25ClFN5O2/c1-31-9-10-33(26(31)35)23-5-4-16(11-22(23)27)20-13-18(28)14-21(25(20)34)17-6-7-30-24(12-17)32-8-2-3-19(29)15-32/h4-7,9-14,19,34H,2-3,8,15,29H2,1H3/t19-/m0/s1. The number of aromatic hydroxyl groups is 1. The van der Waals surface area contributed by atoms with Crippen LogP contribution in [0.2, 0.25) is 5.02 Å². The van der Waals surface area contributed by atoms with Crippen LogP contribution < -0.4 is 16.3 Å². The molecule has 3 heterocycles. The fourth-order valence-electron chi connectivity index (χ4n) is 4.53. The van der Waals surface area contributed by atoms with Crippen molar-refractivity contribution >= 4 is 17.4 Å². The first kappa shape index (κ1) is 23.1. The average molecular weight is 494 g/mol. The van der Waals surface area contributed by atoms with Gasteiger partial charge in [0, 0.05) is 55.9 Å². The van der Waals surface area contributed by atoms with Gasteiger partial charge in [-0.05, 0) is 60.4 Å². The van der Waals surface area contributed by atoms with Crippen molar-refractivity contribution in [2.45, 2.75) is 18.9 Å². The van der Waals surface area contributed by atoms with E-state index in [0.717, 1.165) is 25.2 Å². The molecule has 4 aromatic rings. The molecular weight excluding hydrogens is 469 g/mol. The average Bonchev–Trinajstić information content (AvgIpc) is 3.18. The van der Waals surface area contributed by atoms with E-state index < -0.39 is 5.82 Å². The third kappa shape index (κ3) is 4.42. The number of piperidine rings is 1. The number of hydrogen-bond acceptors (Lipinski definition) is 5. The van der Waals surface area contributed by atoms with E-state index in [9.17, 15) is 14.3 Å². The number of pyridine rings is 1. The van der Waals surface area contributed by atoms with Crippen LogP contribution in [0.5, 0.6) is 5.75 Å². The molecule has 5 rings (SSSR count). The number of nitrogens with two attached hydrogens (primary N) is 1. The summed E-state index contributed by atoms with van der Waals surface area (Å²) >= 11 is 6.49. The fourth-order valence-corrected chi connectivity index (χ4v) is 4.81. The first-order chi connectivity index (χ1) is 16.8. The maximum atomic E-state index is 14.8. The van der Waals surface area contributed by atoms with E-state index in [4.69, 9.17) is 17.3 Å². The van der Waals surface area contributed by atoms with Crippen LogP contribution in [-0.4, -0.2) is 38.4 Å². The van der Waals surface area contributed by atoms with E-state index in [-0.39, 0.29) is 17.5 Å². The van der Waals surface area contributed by atoms with Gasteiger partial charge in [-0.15, -0.1) is 0 Å². The van der Waals surface area contributed by atoms with E-state index in [1.807, 2.05) is 6.07 Å². The maximum absolute atomic E-state index is 14.8. The number of halogens is 2. The van der Waals surface area contributed by atoms with Crippen molar-refractivity contribution in [1.82, 2.24) is 14.1 Å². The molecule has 1 atom stereocenters. The van der Waals surface area contributed by atoms with Crippen LogP contribution in [0.3, 0.4) is 0 Å². The third-order valence-corrected chi connectivity index (χ3v) is 6.68. The predicted molar refractivity (Wildman–Crippen MR) is 136 cm³/mol. The predicted octanol–water partition coefficient (Wildman–Crippen LogP) is 4.33. The first-order valence-corrected chi connectivity index (χ1v) is 11.7. The number of rotatable bonds is 4. The summed E-state index contributed by atoms with van der Waals surface area (Å²) in [5.41, 5.74) is 8.20. The van der Waals surface area contributed by atoms with Crippen molar-refractivity contribution < 1.29 is 9.50 Å². The summed E-state index contributed by atoms with van der Waals surface area (Å²) in [6.45, 7) is 1.55. The lowest BCUT2D eigenvalue weighted by Gasteiger charge is -2.31. The molecule has 0 bridgehead atoms. The van der Waals surface area contributed by atoms with Crippen LogP contribution in [0.15, 0.2) is 65.8 Å². The van der Waals surface area contributed by atoms with E-state index >= 15 is 0 Å². The van der Waals surface area contributed by atoms with Gasteiger partial charge < -0.3 is 20.3 Å². The Balaban J connectivity index is 1.54. The highest BCUT2D eigenvalue weighted by atomic mass is 35.5. The van der Waals surface area contributed by atoms with Gasteiger partial charge in [-0.1, -0.05) is 17.7 Å². The third-order valence-electron chi connectivity index (χ3n) is 6.38. The maximum Gasteiger partial charge on any atom is 0.332 e. The molecule has 1 aliphatic heterocycles. The summed E-state index contributed by atoms with van der Waals surface area (Å²) in [5, 5.41) is 11.5. The van der Waals surface area contributed by atoms with Crippen molar-refractivity contribution in [3.05, 3.63) is 82.4 Å². The molecule has 180 valence electrons. The van der Waals surface area contributed by atoms with Crippen LogP contribution >= 0.6 is 11.6 Å². The Morgan fingerprint density at radius 2 is 1.86 bits per heavy atom. The van der Waals surface area contributed by atoms with E-state index in [2.05, 4.69) is 9.88 Å². The molecule has 1 aliphatic rings. The van der Waals surface area contributed by atoms with Gasteiger partial charge in [-0.2, -0.15) is 0 Å². The number of anilines is 1. The summed E-state index contributed by atoms with van der Waals surface area (Å²) < 4.78 is 17.6. The van der Waals surface area contributed by atoms with Gasteiger partial charge in [0.1, 0.15) is 17.4 Å². The SMILES string of the molecule is Cn1ccn(-c2ccc(-c3cc(F)cc(-c4ccnc(N5CCC[C@H](N)C5)c4)c3O)cc2Cl)c1=O. The highest BCUT2D eigenvalue weighted by molar-refractivity contribution is 6.32. The van der Waals surface area contributed by atoms with Gasteiger partial charge in [-0.25, -0.2) is 14.2 Å². The van der Waals surface area contributed by atoms with Crippen LogP contribution in [0.25, 0.3) is 27.9 Å². The summed E-state index contributed by atoms with van der Waals surface area (Å²) in [6, 6.07) is 11.2. The smallest absolute Gasteiger partial charge is 0.332 e. The van der Waals surface area contributed by atoms with Crippen molar-refractivity contribution in [3.63, 3.8) is 0 Å². The van der Waals surface area contributed by atoms with Crippen LogP contribution in [0.1, 0.15) is 12.8 Å². The number of phenolic OH excluding ortho intramolecular Hbond substituents is 1. The molecule has 2 aromatic carbocycles. The quantitative estimate of drug-likeness (QED) is 0.441. The zero-order chi connectivity index (χ0) is 24.7. The monoisotopic (exact) mass is 493 g/mol. The highest BCUT2D eigenvalue weighted by Gasteiger charge is 2.20. The van der Waals surface area contributed by atoms with Crippen LogP contribution in [-0.2, 0) is 7.05 Å². The Bertz CT molecular complexity index is 1460. The molecule has 3 N–H and O–H groups in total. The molecule has 9 heteroatoms. The molecule has 0 saturated carbocycles. The van der Waals surface area contributed by atoms with Gasteiger partial charge >= 0.3 is 5.69 Å². The number of benzene rings is 2. The lowest BCUT2D eigenvalue weighted by Crippen LogP contribution is -2.43. The number of nitrogens with zero attached hydrogens (tertiary/aromatic N) is 4. The highest BCUT2D eigenvalue weighted by Crippen LogP contribution is 2.41. The molecule has 0 spiro atoms. The molecule has 2 aromatic heterocycles. The van der Waals surface area contributed by atoms with Crippen LogP contribution in [0, 0.1) is 5.82 Å². The summed E-state index contributed by atoms with van der Waals surface area (Å²) in [6.07, 6.45) is 6.87. The number of aryl methyl sites for hydroxylation is 1. The van der Waals surface area contributed by atoms with Gasteiger partial charge in [-0.3, -0.25) is 4.57 Å². The number of hydrogen-bond donors (Lipinski definition) is 2. The zero-order valence-corrected chi connectivity index (χ0v) is 19.9. The summed E-state index contributed by atoms with van der Waals surface area (Å²) in [7, 11) is 1.65. The Hall–Kier alpha value is -3.62. The molecular formula is C26H25ClFN5O2. The minimum absolute atomic E-state index is 0.0698. The topological polar surface area (TPSA) is 89.3 Å². The fraction of sp³-hybridized carbons (Fsp3) is 0.231. The molecule has 0 unspecified atom stereocenters. The number of phenols is 1. The molecule has 7 nitrogen and oxygen atoms in total. The number of aromatic nitrogens is 3. The summed E-state index contributed by atoms with van der Waals surface area (Å²) in [4.78, 5) is 18.9. The zero-order valence-electron chi connectivity index (χ0n) is 19.2. The first-order valence-electron chi connectivity index (χ1n) is 11.4. The Morgan fingerprint density at radius 3 is 2.51 bits per heavy atom. The largest absolute Gasteiger partial charge is 0.507 e. The Labute approximate surface area is 206 Å². The van der Waals surface area contributed by atoms with Gasteiger partial charge in [0.2, 0.25) is 0 Å². The van der Waals surface area contributed by atoms with Crippen molar-refractivity contribution in [2.24, 2.45) is 12.8 Å². The Morgan fingerprint density at radius 1 is 1.11 bits per heavy atom. The molecule has 35 heavy (non-hydrogen) atoms. The second kappa shape index (κ2) is 9.20. The van der Waals surface area contributed by atoms with Crippen molar-refractivity contribution in [1.29, 1.82) is 0 Å². The van der Waals surface area contributed by atoms with Crippen molar-refractivity contribution in [3.8, 4) is 33.7 Å². The lowest BCUT2D eigenvalue weighted by atomic mass is 9.97. The molecule has 0 aliphatic carbocycles. The normalized spacial score (nSPS) is 16.0. The molecule has 0 radical (unpaired) electrons. The Kier molecular flexibility index (Phi) is 6.08. The van der Waals surface area contributed by atoms with E-state index in [0.29, 0.717) is 39.5 Å². The minimum Gasteiger partial charge on any atom is -0.507 e. The van der Waals surface area contributed by atoms with Gasteiger partial charge in [0.15, 0.2) is 0 Å². The molecule has 1 saturated heterocycles. The van der Waals surface area contributed by atoms with E-state index in [1.165, 1.54) is 21.3 Å². The van der Waals surface area contributed by atoms with Crippen LogP contribution in [0.4, 0.5) is 10.2 Å². The molecule has 0 amide bonds. The number of imidazole rings is 1. The minimum atomic E-state index is -0.495. The second-order valence-corrected chi connectivity index (χ2v) is 9.24. The van der Waals surface area contributed by atoms with Crippen molar-refractivity contribution in [2.75, 3.05) is 18.0 Å². The van der Waals surface area contributed by atoms with Gasteiger partial charge in [0.05, 0.1) is 10.7 Å². The van der Waals surface area contributed by atoms with E-state index in [1.54, 1.807) is 49.9 Å². The molecule has 1 fully saturated rings. The second-order valence-electron chi connectivity index (χ2n) is 8.83.